The van der Waals surface area contributed by atoms with Gasteiger partial charge in [0.2, 0.25) is 0 Å². The lowest BCUT2D eigenvalue weighted by molar-refractivity contribution is 0.0216. The highest BCUT2D eigenvalue weighted by Gasteiger charge is 2.26. The van der Waals surface area contributed by atoms with Gasteiger partial charge in [-0.25, -0.2) is 0 Å². The lowest BCUT2D eigenvalue weighted by Crippen LogP contribution is -2.31. The second-order valence-electron chi connectivity index (χ2n) is 4.64. The van der Waals surface area contributed by atoms with E-state index in [1.165, 1.54) is 0 Å². The van der Waals surface area contributed by atoms with Gasteiger partial charge in [-0.1, -0.05) is 60.3 Å². The van der Waals surface area contributed by atoms with E-state index in [0.29, 0.717) is 6.42 Å². The molecule has 1 N–H and O–H groups in total. The minimum Gasteiger partial charge on any atom is -0.390 e. The van der Waals surface area contributed by atoms with E-state index in [2.05, 4.69) is 29.8 Å². The van der Waals surface area contributed by atoms with E-state index in [-0.39, 0.29) is 0 Å². The number of benzene rings is 1. The fraction of sp³-hybridized carbons (Fsp3) is 0.571. The molecule has 0 heterocycles. The van der Waals surface area contributed by atoms with Crippen LogP contribution in [-0.2, 0) is 6.42 Å². The van der Waals surface area contributed by atoms with Crippen LogP contribution in [0.1, 0.15) is 45.1 Å². The first-order valence-corrected chi connectivity index (χ1v) is 7.34. The van der Waals surface area contributed by atoms with Crippen LogP contribution >= 0.6 is 27.5 Å². The van der Waals surface area contributed by atoms with Crippen molar-refractivity contribution in [2.75, 3.05) is 0 Å². The number of hydrogen-bond donors (Lipinski definition) is 1. The third kappa shape index (κ3) is 4.61. The van der Waals surface area contributed by atoms with Gasteiger partial charge < -0.3 is 5.11 Å². The maximum atomic E-state index is 10.6. The highest BCUT2D eigenvalue weighted by Crippen LogP contribution is 2.29. The van der Waals surface area contributed by atoms with Crippen LogP contribution in [0.2, 0.25) is 5.02 Å². The zero-order valence-electron chi connectivity index (χ0n) is 10.5. The highest BCUT2D eigenvalue weighted by atomic mass is 79.9. The average molecular weight is 320 g/mol. The lowest BCUT2D eigenvalue weighted by atomic mass is 9.86. The molecular formula is C14H20BrClO. The van der Waals surface area contributed by atoms with E-state index in [1.54, 1.807) is 0 Å². The molecule has 1 rings (SSSR count). The Kier molecular flexibility index (Phi) is 5.98. The van der Waals surface area contributed by atoms with E-state index >= 15 is 0 Å². The molecule has 17 heavy (non-hydrogen) atoms. The SMILES string of the molecule is CCCC(O)(CCC)Cc1ccc(Br)cc1Cl. The first-order valence-electron chi connectivity index (χ1n) is 6.17. The molecule has 1 nitrogen and oxygen atoms in total. The summed E-state index contributed by atoms with van der Waals surface area (Å²) in [5.41, 5.74) is 0.417. The van der Waals surface area contributed by atoms with E-state index in [4.69, 9.17) is 11.6 Å². The highest BCUT2D eigenvalue weighted by molar-refractivity contribution is 9.10. The van der Waals surface area contributed by atoms with Crippen LogP contribution in [0.3, 0.4) is 0 Å². The van der Waals surface area contributed by atoms with Gasteiger partial charge in [0.15, 0.2) is 0 Å². The number of hydrogen-bond acceptors (Lipinski definition) is 1. The number of aliphatic hydroxyl groups is 1. The Morgan fingerprint density at radius 2 is 1.82 bits per heavy atom. The molecule has 0 saturated carbocycles. The summed E-state index contributed by atoms with van der Waals surface area (Å²) in [7, 11) is 0. The van der Waals surface area contributed by atoms with E-state index < -0.39 is 5.60 Å². The van der Waals surface area contributed by atoms with Crippen molar-refractivity contribution in [1.82, 2.24) is 0 Å². The molecule has 0 unspecified atom stereocenters. The Hall–Kier alpha value is -0.0500. The van der Waals surface area contributed by atoms with Gasteiger partial charge in [-0.05, 0) is 30.5 Å². The third-order valence-corrected chi connectivity index (χ3v) is 3.81. The summed E-state index contributed by atoms with van der Waals surface area (Å²) in [5.74, 6) is 0. The third-order valence-electron chi connectivity index (χ3n) is 2.97. The molecule has 0 aliphatic carbocycles. The van der Waals surface area contributed by atoms with Crippen LogP contribution in [0.5, 0.6) is 0 Å². The van der Waals surface area contributed by atoms with Crippen LogP contribution in [0.15, 0.2) is 22.7 Å². The van der Waals surface area contributed by atoms with Gasteiger partial charge in [-0.3, -0.25) is 0 Å². The molecule has 0 radical (unpaired) electrons. The minimum atomic E-state index is -0.610. The van der Waals surface area contributed by atoms with Crippen molar-refractivity contribution in [3.05, 3.63) is 33.3 Å². The van der Waals surface area contributed by atoms with Crippen molar-refractivity contribution in [1.29, 1.82) is 0 Å². The van der Waals surface area contributed by atoms with Gasteiger partial charge in [0.05, 0.1) is 5.60 Å². The van der Waals surface area contributed by atoms with Crippen molar-refractivity contribution in [2.45, 2.75) is 51.6 Å². The maximum Gasteiger partial charge on any atom is 0.0688 e. The average Bonchev–Trinajstić information content (AvgIpc) is 2.23. The van der Waals surface area contributed by atoms with Crippen LogP contribution in [0.25, 0.3) is 0 Å². The Morgan fingerprint density at radius 3 is 2.29 bits per heavy atom. The predicted octanol–water partition coefficient (Wildman–Crippen LogP) is 4.98. The van der Waals surface area contributed by atoms with Crippen molar-refractivity contribution in [3.63, 3.8) is 0 Å². The fourth-order valence-electron chi connectivity index (χ4n) is 2.25. The normalized spacial score (nSPS) is 11.8. The molecule has 0 fully saturated rings. The summed E-state index contributed by atoms with van der Waals surface area (Å²) in [5, 5.41) is 11.3. The molecule has 0 saturated heterocycles. The second kappa shape index (κ2) is 6.77. The van der Waals surface area contributed by atoms with Gasteiger partial charge in [-0.15, -0.1) is 0 Å². The van der Waals surface area contributed by atoms with Crippen molar-refractivity contribution in [2.24, 2.45) is 0 Å². The summed E-state index contributed by atoms with van der Waals surface area (Å²) in [6.07, 6.45) is 4.27. The zero-order valence-corrected chi connectivity index (χ0v) is 12.8. The van der Waals surface area contributed by atoms with Crippen LogP contribution in [0.4, 0.5) is 0 Å². The molecule has 0 spiro atoms. The number of halogens is 2. The fourth-order valence-corrected chi connectivity index (χ4v) is 2.99. The summed E-state index contributed by atoms with van der Waals surface area (Å²) in [6, 6.07) is 5.84. The van der Waals surface area contributed by atoms with Gasteiger partial charge >= 0.3 is 0 Å². The Morgan fingerprint density at radius 1 is 1.24 bits per heavy atom. The molecule has 0 aliphatic rings. The molecule has 0 aliphatic heterocycles. The van der Waals surface area contributed by atoms with Gasteiger partial charge in [0.1, 0.15) is 0 Å². The lowest BCUT2D eigenvalue weighted by Gasteiger charge is -2.28. The molecular weight excluding hydrogens is 300 g/mol. The monoisotopic (exact) mass is 318 g/mol. The Balaban J connectivity index is 2.85. The quantitative estimate of drug-likeness (QED) is 0.784. The molecule has 0 amide bonds. The van der Waals surface area contributed by atoms with Crippen LogP contribution in [0, 0.1) is 0 Å². The second-order valence-corrected chi connectivity index (χ2v) is 5.96. The van der Waals surface area contributed by atoms with Crippen molar-refractivity contribution in [3.8, 4) is 0 Å². The first-order chi connectivity index (χ1) is 8.00. The zero-order chi connectivity index (χ0) is 12.9. The largest absolute Gasteiger partial charge is 0.390 e. The summed E-state index contributed by atoms with van der Waals surface area (Å²) >= 11 is 9.59. The summed E-state index contributed by atoms with van der Waals surface area (Å²) in [6.45, 7) is 4.20. The molecule has 96 valence electrons. The van der Waals surface area contributed by atoms with Gasteiger partial charge in [0, 0.05) is 15.9 Å². The molecule has 0 atom stereocenters. The van der Waals surface area contributed by atoms with Crippen molar-refractivity contribution < 1.29 is 5.11 Å². The molecule has 3 heteroatoms. The topological polar surface area (TPSA) is 20.2 Å². The van der Waals surface area contributed by atoms with E-state index in [9.17, 15) is 5.11 Å². The van der Waals surface area contributed by atoms with Crippen LogP contribution in [-0.4, -0.2) is 10.7 Å². The Labute approximate surface area is 117 Å². The smallest absolute Gasteiger partial charge is 0.0688 e. The standard InChI is InChI=1S/C14H20BrClO/c1-3-7-14(17,8-4-2)10-11-5-6-12(15)9-13(11)16/h5-6,9,17H,3-4,7-8,10H2,1-2H3. The first kappa shape index (κ1) is 15.0. The summed E-state index contributed by atoms with van der Waals surface area (Å²) in [4.78, 5) is 0. The van der Waals surface area contributed by atoms with E-state index in [1.807, 2.05) is 18.2 Å². The van der Waals surface area contributed by atoms with Crippen LogP contribution < -0.4 is 0 Å². The predicted molar refractivity (Wildman–Crippen MR) is 77.6 cm³/mol. The Bertz CT molecular complexity index is 359. The van der Waals surface area contributed by atoms with E-state index in [0.717, 1.165) is 40.7 Å². The molecule has 0 aromatic heterocycles. The summed E-state index contributed by atoms with van der Waals surface area (Å²) < 4.78 is 0.973. The minimum absolute atomic E-state index is 0.610. The van der Waals surface area contributed by atoms with Crippen molar-refractivity contribution >= 4 is 27.5 Å². The van der Waals surface area contributed by atoms with Gasteiger partial charge in [0.25, 0.3) is 0 Å². The molecule has 0 bridgehead atoms. The molecule has 1 aromatic carbocycles. The maximum absolute atomic E-state index is 10.6. The molecule has 1 aromatic rings. The number of rotatable bonds is 6. The van der Waals surface area contributed by atoms with Gasteiger partial charge in [-0.2, -0.15) is 0 Å².